The highest BCUT2D eigenvalue weighted by Crippen LogP contribution is 2.19. The molecule has 0 fully saturated rings. The first-order chi connectivity index (χ1) is 13.1. The summed E-state index contributed by atoms with van der Waals surface area (Å²) < 4.78 is 15.7. The first kappa shape index (κ1) is 18.4. The summed E-state index contributed by atoms with van der Waals surface area (Å²) in [7, 11) is 0. The van der Waals surface area contributed by atoms with Gasteiger partial charge in [-0.2, -0.15) is 0 Å². The quantitative estimate of drug-likeness (QED) is 0.445. The van der Waals surface area contributed by atoms with Crippen molar-refractivity contribution in [2.24, 2.45) is 0 Å². The number of esters is 1. The van der Waals surface area contributed by atoms with Crippen LogP contribution in [0.5, 0.6) is 5.75 Å². The predicted molar refractivity (Wildman–Crippen MR) is 98.1 cm³/mol. The molecule has 0 saturated heterocycles. The maximum Gasteiger partial charge on any atom is 0.344 e. The zero-order chi connectivity index (χ0) is 19.2. The van der Waals surface area contributed by atoms with Gasteiger partial charge in [-0.15, -0.1) is 0 Å². The van der Waals surface area contributed by atoms with Crippen LogP contribution in [-0.2, 0) is 9.53 Å². The van der Waals surface area contributed by atoms with Gasteiger partial charge in [-0.05, 0) is 36.4 Å². The van der Waals surface area contributed by atoms with Crippen molar-refractivity contribution in [3.05, 3.63) is 65.9 Å². The van der Waals surface area contributed by atoms with Crippen molar-refractivity contribution >= 4 is 28.5 Å². The second kappa shape index (κ2) is 8.31. The topological polar surface area (TPSA) is 82.8 Å². The number of hydrogen-bond acceptors (Lipinski definition) is 6. The van der Waals surface area contributed by atoms with Gasteiger partial charge in [0.1, 0.15) is 11.3 Å². The molecule has 0 saturated carbocycles. The normalized spacial score (nSPS) is 10.6. The molecule has 2 aromatic carbocycles. The molecule has 138 valence electrons. The van der Waals surface area contributed by atoms with Gasteiger partial charge in [0.2, 0.25) is 5.78 Å². The lowest BCUT2D eigenvalue weighted by Gasteiger charge is -2.07. The molecule has 0 aliphatic rings. The van der Waals surface area contributed by atoms with Crippen molar-refractivity contribution in [1.29, 1.82) is 0 Å². The van der Waals surface area contributed by atoms with Crippen molar-refractivity contribution in [1.82, 2.24) is 0 Å². The van der Waals surface area contributed by atoms with Crippen LogP contribution in [0.15, 0.2) is 59.0 Å². The molecule has 0 radical (unpaired) electrons. The number of rotatable bonds is 8. The van der Waals surface area contributed by atoms with E-state index < -0.39 is 18.4 Å². The van der Waals surface area contributed by atoms with E-state index in [9.17, 15) is 14.4 Å². The molecular formula is C21H18O6. The minimum absolute atomic E-state index is 0.0325. The third-order valence-electron chi connectivity index (χ3n) is 3.92. The van der Waals surface area contributed by atoms with Gasteiger partial charge in [0.15, 0.2) is 24.8 Å². The number of Topliss-reactive ketones (excluding diaryl/α,β-unsaturated/α-hetero) is 2. The average molecular weight is 366 g/mol. The van der Waals surface area contributed by atoms with Crippen LogP contribution in [0.2, 0.25) is 0 Å². The summed E-state index contributed by atoms with van der Waals surface area (Å²) in [4.78, 5) is 35.4. The fraction of sp³-hybridized carbons (Fsp3) is 0.190. The highest BCUT2D eigenvalue weighted by atomic mass is 16.6. The van der Waals surface area contributed by atoms with Crippen molar-refractivity contribution in [3.8, 4) is 5.75 Å². The smallest absolute Gasteiger partial charge is 0.344 e. The van der Waals surface area contributed by atoms with Crippen LogP contribution >= 0.6 is 0 Å². The molecule has 0 spiro atoms. The Morgan fingerprint density at radius 2 is 1.67 bits per heavy atom. The molecule has 0 unspecified atom stereocenters. The highest BCUT2D eigenvalue weighted by Gasteiger charge is 2.15. The molecule has 0 amide bonds. The Balaban J connectivity index is 1.47. The fourth-order valence-electron chi connectivity index (χ4n) is 2.46. The largest absolute Gasteiger partial charge is 0.482 e. The lowest BCUT2D eigenvalue weighted by atomic mass is 10.1. The minimum Gasteiger partial charge on any atom is -0.482 e. The Morgan fingerprint density at radius 3 is 2.37 bits per heavy atom. The van der Waals surface area contributed by atoms with Gasteiger partial charge < -0.3 is 13.9 Å². The Morgan fingerprint density at radius 1 is 0.926 bits per heavy atom. The molecule has 3 rings (SSSR count). The van der Waals surface area contributed by atoms with Gasteiger partial charge in [0.25, 0.3) is 0 Å². The molecular weight excluding hydrogens is 348 g/mol. The molecule has 3 aromatic rings. The molecule has 0 aliphatic heterocycles. The van der Waals surface area contributed by atoms with Gasteiger partial charge in [-0.25, -0.2) is 4.79 Å². The van der Waals surface area contributed by atoms with E-state index in [1.807, 2.05) is 18.2 Å². The van der Waals surface area contributed by atoms with Crippen molar-refractivity contribution < 1.29 is 28.3 Å². The first-order valence-electron chi connectivity index (χ1n) is 8.50. The maximum absolute atomic E-state index is 12.1. The number of carbonyl (C=O) groups excluding carboxylic acids is 3. The summed E-state index contributed by atoms with van der Waals surface area (Å²) in [5.41, 5.74) is 1.18. The SMILES string of the molecule is CCC(=O)c1ccc(OCC(=O)OCC(=O)c2cc3ccccc3o2)cc1. The van der Waals surface area contributed by atoms with E-state index in [4.69, 9.17) is 13.9 Å². The van der Waals surface area contributed by atoms with E-state index in [1.54, 1.807) is 43.3 Å². The van der Waals surface area contributed by atoms with Gasteiger partial charge in [0.05, 0.1) is 0 Å². The van der Waals surface area contributed by atoms with Crippen molar-refractivity contribution in [2.45, 2.75) is 13.3 Å². The molecule has 6 heteroatoms. The van der Waals surface area contributed by atoms with Gasteiger partial charge in [-0.3, -0.25) is 9.59 Å². The Labute approximate surface area is 155 Å². The molecule has 6 nitrogen and oxygen atoms in total. The number of benzene rings is 2. The van der Waals surface area contributed by atoms with E-state index in [0.717, 1.165) is 5.39 Å². The van der Waals surface area contributed by atoms with Gasteiger partial charge in [-0.1, -0.05) is 25.1 Å². The van der Waals surface area contributed by atoms with Crippen LogP contribution < -0.4 is 4.74 Å². The fourth-order valence-corrected chi connectivity index (χ4v) is 2.46. The number of furan rings is 1. The molecule has 0 N–H and O–H groups in total. The first-order valence-corrected chi connectivity index (χ1v) is 8.50. The van der Waals surface area contributed by atoms with Crippen LogP contribution in [0.4, 0.5) is 0 Å². The number of para-hydroxylation sites is 1. The van der Waals surface area contributed by atoms with Gasteiger partial charge >= 0.3 is 5.97 Å². The second-order valence-electron chi connectivity index (χ2n) is 5.82. The maximum atomic E-state index is 12.1. The summed E-state index contributed by atoms with van der Waals surface area (Å²) in [6.07, 6.45) is 0.422. The Kier molecular flexibility index (Phi) is 5.66. The van der Waals surface area contributed by atoms with Gasteiger partial charge in [0, 0.05) is 17.4 Å². The Bertz CT molecular complexity index is 935. The second-order valence-corrected chi connectivity index (χ2v) is 5.82. The Hall–Kier alpha value is -3.41. The minimum atomic E-state index is -0.673. The van der Waals surface area contributed by atoms with E-state index in [0.29, 0.717) is 23.3 Å². The monoisotopic (exact) mass is 366 g/mol. The highest BCUT2D eigenvalue weighted by molar-refractivity contribution is 5.99. The summed E-state index contributed by atoms with van der Waals surface area (Å²) in [5.74, 6) is -0.496. The van der Waals surface area contributed by atoms with Crippen molar-refractivity contribution in [3.63, 3.8) is 0 Å². The molecule has 0 bridgehead atoms. The van der Waals surface area contributed by atoms with E-state index in [-0.39, 0.29) is 18.2 Å². The lowest BCUT2D eigenvalue weighted by Crippen LogP contribution is -2.19. The number of hydrogen-bond donors (Lipinski definition) is 0. The summed E-state index contributed by atoms with van der Waals surface area (Å²) in [6.45, 7) is 1.02. The lowest BCUT2D eigenvalue weighted by molar-refractivity contribution is -0.144. The molecule has 1 aromatic heterocycles. The van der Waals surface area contributed by atoms with Crippen LogP contribution in [0.1, 0.15) is 34.3 Å². The molecule has 0 aliphatic carbocycles. The molecule has 1 heterocycles. The summed E-state index contributed by atoms with van der Waals surface area (Å²) in [6, 6.07) is 15.3. The van der Waals surface area contributed by atoms with Crippen LogP contribution in [-0.4, -0.2) is 30.7 Å². The van der Waals surface area contributed by atoms with E-state index in [1.165, 1.54) is 0 Å². The third-order valence-corrected chi connectivity index (χ3v) is 3.92. The van der Waals surface area contributed by atoms with E-state index >= 15 is 0 Å². The zero-order valence-electron chi connectivity index (χ0n) is 14.8. The third kappa shape index (κ3) is 4.61. The average Bonchev–Trinajstić information content (AvgIpc) is 3.14. The predicted octanol–water partition coefficient (Wildman–Crippen LogP) is 3.83. The zero-order valence-corrected chi connectivity index (χ0v) is 14.8. The summed E-state index contributed by atoms with van der Waals surface area (Å²) >= 11 is 0. The van der Waals surface area contributed by atoms with Crippen molar-refractivity contribution in [2.75, 3.05) is 13.2 Å². The number of ketones is 2. The number of carbonyl (C=O) groups is 3. The van der Waals surface area contributed by atoms with Crippen LogP contribution in [0.3, 0.4) is 0 Å². The standard InChI is InChI=1S/C21H18O6/c1-2-17(22)14-7-9-16(10-8-14)25-13-21(24)26-12-18(23)20-11-15-5-3-4-6-19(15)27-20/h3-11H,2,12-13H2,1H3. The number of fused-ring (bicyclic) bond motifs is 1. The van der Waals surface area contributed by atoms with Crippen LogP contribution in [0.25, 0.3) is 11.0 Å². The molecule has 0 atom stereocenters. The van der Waals surface area contributed by atoms with E-state index in [2.05, 4.69) is 0 Å². The summed E-state index contributed by atoms with van der Waals surface area (Å²) in [5, 5.41) is 0.806. The number of ether oxygens (including phenoxy) is 2. The van der Waals surface area contributed by atoms with Crippen LogP contribution in [0, 0.1) is 0 Å². The molecule has 27 heavy (non-hydrogen) atoms.